The van der Waals surface area contributed by atoms with Crippen LogP contribution in [0.3, 0.4) is 0 Å². The number of hydrogen-bond acceptors (Lipinski definition) is 8. The second-order valence-corrected chi connectivity index (χ2v) is 4.58. The molecule has 21 heavy (non-hydrogen) atoms. The summed E-state index contributed by atoms with van der Waals surface area (Å²) < 4.78 is 5.89. The number of H-pyrrole nitrogens is 1. The highest BCUT2D eigenvalue weighted by Gasteiger charge is 2.59. The third kappa shape index (κ3) is 2.22. The molecule has 0 spiro atoms. The average molecular weight is 301 g/mol. The van der Waals surface area contributed by atoms with Crippen molar-refractivity contribution in [1.29, 1.82) is 0 Å². The third-order valence-electron chi connectivity index (χ3n) is 3.38. The predicted molar refractivity (Wildman–Crippen MR) is 67.3 cm³/mol. The number of hydrogen-bond donors (Lipinski definition) is 5. The van der Waals surface area contributed by atoms with Crippen molar-refractivity contribution in [3.05, 3.63) is 33.1 Å². The molecule has 0 bridgehead atoms. The van der Waals surface area contributed by atoms with Gasteiger partial charge in [0, 0.05) is 12.3 Å². The number of nitrogens with one attached hydrogen (secondary N) is 1. The molecule has 0 saturated carbocycles. The Bertz CT molecular complexity index is 654. The van der Waals surface area contributed by atoms with Crippen LogP contribution in [0.2, 0.25) is 0 Å². The van der Waals surface area contributed by atoms with E-state index in [-0.39, 0.29) is 0 Å². The second kappa shape index (κ2) is 5.50. The number of aliphatic hydroxyl groups excluding tert-OH is 3. The molecule has 116 valence electrons. The van der Waals surface area contributed by atoms with Crippen molar-refractivity contribution in [1.82, 2.24) is 9.55 Å². The number of nitrogens with zero attached hydrogens (tertiary/aromatic N) is 1. The molecule has 2 rings (SSSR count). The SMILES string of the molecule is NCC(=O)[C@@]1(n2ccc(=O)[nH]c2=O)O[C@H](CO)[C@@H](O)[C@H]1O. The number of carbonyl (C=O) groups is 1. The maximum atomic E-state index is 12.1. The van der Waals surface area contributed by atoms with Crippen molar-refractivity contribution in [2.75, 3.05) is 13.2 Å². The first-order valence-electron chi connectivity index (χ1n) is 6.09. The van der Waals surface area contributed by atoms with Crippen molar-refractivity contribution in [2.24, 2.45) is 5.73 Å². The van der Waals surface area contributed by atoms with Gasteiger partial charge in [-0.1, -0.05) is 0 Å². The minimum absolute atomic E-state index is 0.590. The summed E-state index contributed by atoms with van der Waals surface area (Å²) in [6, 6.07) is 0.946. The lowest BCUT2D eigenvalue weighted by molar-refractivity contribution is -0.174. The Kier molecular flexibility index (Phi) is 4.07. The van der Waals surface area contributed by atoms with Crippen molar-refractivity contribution in [3.8, 4) is 0 Å². The van der Waals surface area contributed by atoms with E-state index < -0.39 is 54.2 Å². The van der Waals surface area contributed by atoms with Crippen LogP contribution in [0.5, 0.6) is 0 Å². The van der Waals surface area contributed by atoms with Gasteiger partial charge in [0.25, 0.3) is 5.56 Å². The lowest BCUT2D eigenvalue weighted by atomic mass is 9.98. The summed E-state index contributed by atoms with van der Waals surface area (Å²) in [7, 11) is 0. The lowest BCUT2D eigenvalue weighted by Gasteiger charge is -2.31. The zero-order valence-electron chi connectivity index (χ0n) is 10.8. The largest absolute Gasteiger partial charge is 0.394 e. The molecular formula is C11H15N3O7. The number of aliphatic hydroxyl groups is 3. The molecule has 1 fully saturated rings. The number of carbonyl (C=O) groups excluding carboxylic acids is 1. The Labute approximate surface area is 117 Å². The van der Waals surface area contributed by atoms with E-state index in [0.717, 1.165) is 12.3 Å². The van der Waals surface area contributed by atoms with Crippen LogP contribution in [-0.4, -0.2) is 62.1 Å². The van der Waals surface area contributed by atoms with E-state index >= 15 is 0 Å². The zero-order chi connectivity index (χ0) is 15.8. The molecule has 1 aromatic rings. The fraction of sp³-hybridized carbons (Fsp3) is 0.545. The highest BCUT2D eigenvalue weighted by atomic mass is 16.6. The number of ether oxygens (including phenoxy) is 1. The van der Waals surface area contributed by atoms with Crippen molar-refractivity contribution < 1.29 is 24.9 Å². The van der Waals surface area contributed by atoms with Crippen molar-refractivity contribution in [2.45, 2.75) is 24.0 Å². The summed E-state index contributed by atoms with van der Waals surface area (Å²) in [5.41, 5.74) is 1.24. The molecule has 0 unspecified atom stereocenters. The Morgan fingerprint density at radius 1 is 1.48 bits per heavy atom. The summed E-state index contributed by atoms with van der Waals surface area (Å²) in [5.74, 6) is -0.890. The van der Waals surface area contributed by atoms with E-state index in [1.165, 1.54) is 0 Å². The van der Waals surface area contributed by atoms with Crippen LogP contribution in [0.4, 0.5) is 0 Å². The van der Waals surface area contributed by atoms with Crippen molar-refractivity contribution >= 4 is 5.78 Å². The van der Waals surface area contributed by atoms with Crippen LogP contribution in [-0.2, 0) is 15.3 Å². The van der Waals surface area contributed by atoms with E-state index in [9.17, 15) is 24.6 Å². The van der Waals surface area contributed by atoms with Gasteiger partial charge >= 0.3 is 5.69 Å². The maximum absolute atomic E-state index is 12.1. The first kappa shape index (κ1) is 15.5. The summed E-state index contributed by atoms with van der Waals surface area (Å²) in [6.07, 6.45) is -3.78. The quantitative estimate of drug-likeness (QED) is 0.373. The Hall–Kier alpha value is -1.85. The zero-order valence-corrected chi connectivity index (χ0v) is 10.8. The smallest absolute Gasteiger partial charge is 0.331 e. The minimum atomic E-state index is -2.30. The van der Waals surface area contributed by atoms with Gasteiger partial charge in [0.1, 0.15) is 18.3 Å². The Balaban J connectivity index is 2.67. The average Bonchev–Trinajstić information content (AvgIpc) is 2.72. The minimum Gasteiger partial charge on any atom is -0.394 e. The predicted octanol–water partition coefficient (Wildman–Crippen LogP) is -4.17. The van der Waals surface area contributed by atoms with Crippen LogP contribution in [0.15, 0.2) is 21.9 Å². The number of Topliss-reactive ketones (excluding diaryl/α,β-unsaturated/α-hetero) is 1. The molecular weight excluding hydrogens is 286 g/mol. The van der Waals surface area contributed by atoms with Gasteiger partial charge in [-0.2, -0.15) is 0 Å². The van der Waals surface area contributed by atoms with Gasteiger partial charge in [-0.25, -0.2) is 4.79 Å². The molecule has 0 amide bonds. The van der Waals surface area contributed by atoms with E-state index in [2.05, 4.69) is 0 Å². The van der Waals surface area contributed by atoms with Gasteiger partial charge in [-0.15, -0.1) is 0 Å². The first-order valence-corrected chi connectivity index (χ1v) is 6.09. The monoisotopic (exact) mass is 301 g/mol. The van der Waals surface area contributed by atoms with Crippen LogP contribution < -0.4 is 17.0 Å². The third-order valence-corrected chi connectivity index (χ3v) is 3.38. The van der Waals surface area contributed by atoms with Crippen molar-refractivity contribution in [3.63, 3.8) is 0 Å². The number of ketones is 1. The molecule has 1 saturated heterocycles. The molecule has 1 aliphatic heterocycles. The van der Waals surface area contributed by atoms with Crippen LogP contribution >= 0.6 is 0 Å². The molecule has 10 heteroatoms. The Morgan fingerprint density at radius 2 is 2.14 bits per heavy atom. The molecule has 1 aliphatic rings. The molecule has 0 radical (unpaired) electrons. The van der Waals surface area contributed by atoms with E-state index in [4.69, 9.17) is 15.6 Å². The number of aromatic nitrogens is 2. The standard InChI is InChI=1S/C11H15N3O7/c12-3-6(16)11(9(19)8(18)5(4-15)21-11)14-2-1-7(17)13-10(14)20/h1-2,5,8-9,15,18-19H,3-4,12H2,(H,13,17,20)/t5-,8-,9-,11-/m1/s1. The van der Waals surface area contributed by atoms with Gasteiger partial charge in [-0.05, 0) is 0 Å². The second-order valence-electron chi connectivity index (χ2n) is 4.58. The van der Waals surface area contributed by atoms with Gasteiger partial charge in [0.05, 0.1) is 13.2 Å². The fourth-order valence-electron chi connectivity index (χ4n) is 2.34. The van der Waals surface area contributed by atoms with E-state index in [1.54, 1.807) is 0 Å². The molecule has 2 heterocycles. The van der Waals surface area contributed by atoms with Crippen LogP contribution in [0, 0.1) is 0 Å². The molecule has 4 atom stereocenters. The molecule has 10 nitrogen and oxygen atoms in total. The molecule has 0 aromatic carbocycles. The molecule has 0 aliphatic carbocycles. The highest BCUT2D eigenvalue weighted by Crippen LogP contribution is 2.35. The summed E-state index contributed by atoms with van der Waals surface area (Å²) in [5, 5.41) is 29.1. The lowest BCUT2D eigenvalue weighted by Crippen LogP contribution is -2.58. The van der Waals surface area contributed by atoms with Crippen LogP contribution in [0.25, 0.3) is 0 Å². The van der Waals surface area contributed by atoms with Gasteiger partial charge in [0.15, 0.2) is 0 Å². The molecule has 6 N–H and O–H groups in total. The van der Waals surface area contributed by atoms with E-state index in [1.807, 2.05) is 4.98 Å². The number of nitrogens with two attached hydrogens (primary N) is 1. The first-order chi connectivity index (χ1) is 9.88. The number of rotatable bonds is 4. The van der Waals surface area contributed by atoms with Gasteiger partial charge in [0.2, 0.25) is 11.5 Å². The van der Waals surface area contributed by atoms with Gasteiger partial charge in [-0.3, -0.25) is 19.1 Å². The normalized spacial score (nSPS) is 32.3. The van der Waals surface area contributed by atoms with Crippen LogP contribution in [0.1, 0.15) is 0 Å². The Morgan fingerprint density at radius 3 is 2.62 bits per heavy atom. The van der Waals surface area contributed by atoms with Gasteiger partial charge < -0.3 is 25.8 Å². The summed E-state index contributed by atoms with van der Waals surface area (Å²) >= 11 is 0. The fourth-order valence-corrected chi connectivity index (χ4v) is 2.34. The summed E-state index contributed by atoms with van der Waals surface area (Å²) in [6.45, 7) is -1.27. The number of aromatic amines is 1. The molecule has 1 aromatic heterocycles. The van der Waals surface area contributed by atoms with E-state index in [0.29, 0.717) is 4.57 Å². The summed E-state index contributed by atoms with van der Waals surface area (Å²) in [4.78, 5) is 37.0. The maximum Gasteiger partial charge on any atom is 0.331 e. The highest BCUT2D eigenvalue weighted by molar-refractivity contribution is 5.88. The topological polar surface area (TPSA) is 168 Å².